The van der Waals surface area contributed by atoms with Crippen LogP contribution >= 0.6 is 0 Å². The molecule has 0 radical (unpaired) electrons. The summed E-state index contributed by atoms with van der Waals surface area (Å²) in [6, 6.07) is -0.293. The number of amides is 2. The maximum Gasteiger partial charge on any atom is 0.322 e. The van der Waals surface area contributed by atoms with E-state index in [1.807, 2.05) is 10.9 Å². The molecule has 2 heterocycles. The number of nitrogens with one attached hydrogen (secondary N) is 1. The smallest absolute Gasteiger partial charge is 0.322 e. The van der Waals surface area contributed by atoms with Crippen molar-refractivity contribution in [3.8, 4) is 0 Å². The topological polar surface area (TPSA) is 70.4 Å². The van der Waals surface area contributed by atoms with Crippen molar-refractivity contribution in [2.75, 3.05) is 11.9 Å². The molecule has 1 atom stereocenters. The Bertz CT molecular complexity index is 464. The predicted octanol–water partition coefficient (Wildman–Crippen LogP) is 2.06. The number of hydrogen-bond donors (Lipinski definition) is 2. The van der Waals surface area contributed by atoms with Gasteiger partial charge in [0, 0.05) is 19.3 Å². The molecule has 1 aromatic heterocycles. The second-order valence-corrected chi connectivity index (χ2v) is 5.93. The van der Waals surface area contributed by atoms with Gasteiger partial charge >= 0.3 is 6.03 Å². The molecular formula is C14H24N4O2. The number of carbonyl (C=O) groups is 1. The Hall–Kier alpha value is -1.56. The van der Waals surface area contributed by atoms with Crippen LogP contribution in [0.2, 0.25) is 0 Å². The number of aryl methyl sites for hydroxylation is 1. The van der Waals surface area contributed by atoms with Crippen molar-refractivity contribution in [3.63, 3.8) is 0 Å². The highest BCUT2D eigenvalue weighted by atomic mass is 16.3. The van der Waals surface area contributed by atoms with E-state index in [1.165, 1.54) is 0 Å². The summed E-state index contributed by atoms with van der Waals surface area (Å²) in [7, 11) is 0. The van der Waals surface area contributed by atoms with Crippen molar-refractivity contribution in [3.05, 3.63) is 12.4 Å². The largest absolute Gasteiger partial charge is 0.388 e. The monoisotopic (exact) mass is 280 g/mol. The van der Waals surface area contributed by atoms with Gasteiger partial charge < -0.3 is 15.3 Å². The molecule has 2 amide bonds. The summed E-state index contributed by atoms with van der Waals surface area (Å²) in [6.45, 7) is 7.11. The van der Waals surface area contributed by atoms with Gasteiger partial charge in [-0.3, -0.25) is 4.68 Å². The Morgan fingerprint density at radius 2 is 2.35 bits per heavy atom. The van der Waals surface area contributed by atoms with Crippen LogP contribution in [0.15, 0.2) is 12.4 Å². The normalized spacial score (nSPS) is 19.4. The summed E-state index contributed by atoms with van der Waals surface area (Å²) in [4.78, 5) is 14.0. The van der Waals surface area contributed by atoms with Crippen LogP contribution in [0.25, 0.3) is 0 Å². The van der Waals surface area contributed by atoms with Crippen LogP contribution < -0.4 is 5.32 Å². The second-order valence-electron chi connectivity index (χ2n) is 5.93. The predicted molar refractivity (Wildman–Crippen MR) is 77.6 cm³/mol. The van der Waals surface area contributed by atoms with Gasteiger partial charge in [0.15, 0.2) is 0 Å². The number of hydrogen-bond acceptors (Lipinski definition) is 3. The average Bonchev–Trinajstić information content (AvgIpc) is 2.97. The number of urea groups is 1. The summed E-state index contributed by atoms with van der Waals surface area (Å²) < 4.78 is 1.81. The van der Waals surface area contributed by atoms with E-state index in [2.05, 4.69) is 17.3 Å². The van der Waals surface area contributed by atoms with E-state index in [0.29, 0.717) is 12.2 Å². The quantitative estimate of drug-likeness (QED) is 0.887. The van der Waals surface area contributed by atoms with Crippen molar-refractivity contribution < 1.29 is 9.90 Å². The zero-order chi connectivity index (χ0) is 14.8. The van der Waals surface area contributed by atoms with E-state index >= 15 is 0 Å². The molecule has 0 saturated carbocycles. The fourth-order valence-corrected chi connectivity index (χ4v) is 2.72. The lowest BCUT2D eigenvalue weighted by molar-refractivity contribution is 0.0117. The first kappa shape index (κ1) is 14.8. The van der Waals surface area contributed by atoms with Gasteiger partial charge in [-0.1, -0.05) is 6.92 Å². The van der Waals surface area contributed by atoms with Gasteiger partial charge in [-0.15, -0.1) is 0 Å². The van der Waals surface area contributed by atoms with Crippen LogP contribution in [-0.2, 0) is 6.54 Å². The van der Waals surface area contributed by atoms with Gasteiger partial charge in [0.1, 0.15) is 0 Å². The van der Waals surface area contributed by atoms with E-state index in [4.69, 9.17) is 0 Å². The zero-order valence-electron chi connectivity index (χ0n) is 12.5. The lowest BCUT2D eigenvalue weighted by Crippen LogP contribution is -2.49. The van der Waals surface area contributed by atoms with Crippen LogP contribution in [0.1, 0.15) is 40.0 Å². The van der Waals surface area contributed by atoms with E-state index in [9.17, 15) is 9.90 Å². The SMILES string of the molecule is CCCn1cc(NC(=O)N2CCCC2C(C)(C)O)cn1. The van der Waals surface area contributed by atoms with Gasteiger partial charge in [-0.25, -0.2) is 4.79 Å². The molecule has 1 aliphatic heterocycles. The molecule has 0 spiro atoms. The van der Waals surface area contributed by atoms with E-state index in [1.54, 1.807) is 24.9 Å². The molecule has 2 N–H and O–H groups in total. The van der Waals surface area contributed by atoms with Gasteiger partial charge in [-0.2, -0.15) is 5.10 Å². The van der Waals surface area contributed by atoms with Gasteiger partial charge in [0.25, 0.3) is 0 Å². The minimum absolute atomic E-state index is 0.131. The van der Waals surface area contributed by atoms with Crippen molar-refractivity contribution in [1.82, 2.24) is 14.7 Å². The molecular weight excluding hydrogens is 256 g/mol. The molecule has 2 rings (SSSR count). The molecule has 6 nitrogen and oxygen atoms in total. The third-order valence-corrected chi connectivity index (χ3v) is 3.67. The average molecular weight is 280 g/mol. The minimum Gasteiger partial charge on any atom is -0.388 e. The Labute approximate surface area is 119 Å². The Balaban J connectivity index is 2.00. The van der Waals surface area contributed by atoms with Crippen molar-refractivity contribution >= 4 is 11.7 Å². The van der Waals surface area contributed by atoms with Gasteiger partial charge in [0.2, 0.25) is 0 Å². The molecule has 112 valence electrons. The lowest BCUT2D eigenvalue weighted by atomic mass is 9.97. The lowest BCUT2D eigenvalue weighted by Gasteiger charge is -2.33. The Kier molecular flexibility index (Phi) is 4.32. The number of anilines is 1. The van der Waals surface area contributed by atoms with Crippen LogP contribution in [0, 0.1) is 0 Å². The fourth-order valence-electron chi connectivity index (χ4n) is 2.72. The molecule has 0 bridgehead atoms. The molecule has 1 aromatic rings. The molecule has 0 aromatic carbocycles. The second kappa shape index (κ2) is 5.83. The van der Waals surface area contributed by atoms with Crippen molar-refractivity contribution in [2.24, 2.45) is 0 Å². The zero-order valence-corrected chi connectivity index (χ0v) is 12.5. The molecule has 20 heavy (non-hydrogen) atoms. The highest BCUT2D eigenvalue weighted by Crippen LogP contribution is 2.27. The standard InChI is InChI=1S/C14H24N4O2/c1-4-7-17-10-11(9-15-17)16-13(19)18-8-5-6-12(18)14(2,3)20/h9-10,12,20H,4-8H2,1-3H3,(H,16,19). The van der Waals surface area contributed by atoms with Crippen LogP contribution in [0.3, 0.4) is 0 Å². The number of nitrogens with zero attached hydrogens (tertiary/aromatic N) is 3. The Morgan fingerprint density at radius 1 is 1.60 bits per heavy atom. The van der Waals surface area contributed by atoms with Gasteiger partial charge in [-0.05, 0) is 33.1 Å². The number of carbonyl (C=O) groups excluding carboxylic acids is 1. The minimum atomic E-state index is -0.875. The maximum absolute atomic E-state index is 12.3. The molecule has 1 unspecified atom stereocenters. The first-order valence-electron chi connectivity index (χ1n) is 7.24. The third kappa shape index (κ3) is 3.30. The van der Waals surface area contributed by atoms with Crippen molar-refractivity contribution in [1.29, 1.82) is 0 Å². The number of aromatic nitrogens is 2. The summed E-state index contributed by atoms with van der Waals surface area (Å²) in [6.07, 6.45) is 6.25. The molecule has 1 aliphatic rings. The first-order chi connectivity index (χ1) is 9.41. The van der Waals surface area contributed by atoms with Gasteiger partial charge in [0.05, 0.1) is 23.5 Å². The van der Waals surface area contributed by atoms with Crippen molar-refractivity contribution in [2.45, 2.75) is 58.2 Å². The first-order valence-corrected chi connectivity index (χ1v) is 7.24. The summed E-state index contributed by atoms with van der Waals surface area (Å²) in [5.74, 6) is 0. The van der Waals surface area contributed by atoms with Crippen LogP contribution in [-0.4, -0.2) is 44.0 Å². The fraction of sp³-hybridized carbons (Fsp3) is 0.714. The molecule has 1 saturated heterocycles. The number of rotatable bonds is 4. The summed E-state index contributed by atoms with van der Waals surface area (Å²) in [5.41, 5.74) is -0.176. The Morgan fingerprint density at radius 3 is 3.00 bits per heavy atom. The summed E-state index contributed by atoms with van der Waals surface area (Å²) in [5, 5.41) is 17.2. The van der Waals surface area contributed by atoms with E-state index < -0.39 is 5.60 Å². The van der Waals surface area contributed by atoms with Crippen LogP contribution in [0.4, 0.5) is 10.5 Å². The molecule has 0 aliphatic carbocycles. The number of aliphatic hydroxyl groups is 1. The molecule has 6 heteroatoms. The number of likely N-dealkylation sites (tertiary alicyclic amines) is 1. The highest BCUT2D eigenvalue weighted by Gasteiger charge is 2.38. The highest BCUT2D eigenvalue weighted by molar-refractivity contribution is 5.89. The third-order valence-electron chi connectivity index (χ3n) is 3.67. The van der Waals surface area contributed by atoms with E-state index in [0.717, 1.165) is 25.8 Å². The van der Waals surface area contributed by atoms with Crippen LogP contribution in [0.5, 0.6) is 0 Å². The van der Waals surface area contributed by atoms with E-state index in [-0.39, 0.29) is 12.1 Å². The summed E-state index contributed by atoms with van der Waals surface area (Å²) >= 11 is 0. The maximum atomic E-state index is 12.3. The molecule has 1 fully saturated rings.